The lowest BCUT2D eigenvalue weighted by atomic mass is 9.95. The molecule has 3 fully saturated rings. The Morgan fingerprint density at radius 2 is 1.94 bits per heavy atom. The normalized spacial score (nSPS) is 24.1. The molecule has 4 aromatic rings. The van der Waals surface area contributed by atoms with Crippen LogP contribution in [0.25, 0.3) is 10.8 Å². The summed E-state index contributed by atoms with van der Waals surface area (Å²) in [6.45, 7) is 7.70. The number of rotatable bonds is 7. The number of nitrogens with zero attached hydrogens (tertiary/aromatic N) is 7. The number of hydrogen-bond acceptors (Lipinski definition) is 9. The summed E-state index contributed by atoms with van der Waals surface area (Å²) in [5, 5.41) is 17.3. The highest BCUT2D eigenvalue weighted by Crippen LogP contribution is 2.42. The highest BCUT2D eigenvalue weighted by atomic mass is 19.1. The van der Waals surface area contributed by atoms with Gasteiger partial charge in [-0.3, -0.25) is 9.58 Å². The second kappa shape index (κ2) is 12.1. The fourth-order valence-corrected chi connectivity index (χ4v) is 8.91. The van der Waals surface area contributed by atoms with Crippen LogP contribution in [0.3, 0.4) is 0 Å². The molecule has 7 heterocycles. The molecule has 2 aromatic heterocycles. The number of fused-ring (bicyclic) bond motifs is 4. The molecular formula is C37H43F2N7O3. The third-order valence-corrected chi connectivity index (χ3v) is 11.5. The number of aromatic hydroxyl groups is 1. The Morgan fingerprint density at radius 1 is 1.04 bits per heavy atom. The monoisotopic (exact) mass is 671 g/mol. The summed E-state index contributed by atoms with van der Waals surface area (Å²) in [5.74, 6) is 0.784. The van der Waals surface area contributed by atoms with Crippen molar-refractivity contribution in [2.75, 3.05) is 55.8 Å². The zero-order chi connectivity index (χ0) is 33.3. The zero-order valence-corrected chi connectivity index (χ0v) is 28.0. The predicted octanol–water partition coefficient (Wildman–Crippen LogP) is 5.28. The summed E-state index contributed by atoms with van der Waals surface area (Å²) in [6.07, 6.45) is 6.82. The van der Waals surface area contributed by atoms with Gasteiger partial charge in [-0.15, -0.1) is 0 Å². The summed E-state index contributed by atoms with van der Waals surface area (Å²) in [5.41, 5.74) is 5.41. The van der Waals surface area contributed by atoms with Crippen molar-refractivity contribution in [3.63, 3.8) is 0 Å². The summed E-state index contributed by atoms with van der Waals surface area (Å²) >= 11 is 0. The fourth-order valence-electron chi connectivity index (χ4n) is 8.91. The number of halogens is 2. The second-order valence-corrected chi connectivity index (χ2v) is 14.5. The molecule has 0 radical (unpaired) electrons. The van der Waals surface area contributed by atoms with Gasteiger partial charge in [-0.2, -0.15) is 15.1 Å². The molecule has 258 valence electrons. The van der Waals surface area contributed by atoms with Crippen molar-refractivity contribution in [1.29, 1.82) is 0 Å². The van der Waals surface area contributed by atoms with Crippen molar-refractivity contribution in [1.82, 2.24) is 24.6 Å². The minimum atomic E-state index is -0.842. The SMILES string of the molecule is CCc1c(F)ccc2cc(O)cc(N3CCc4c(nc(OC[C@@]56CCCN5C[C@H](F)C6)nc4N4CCCc5nn(C6COC6)cc5C4)C3)c12. The molecule has 9 rings (SSSR count). The van der Waals surface area contributed by atoms with E-state index in [0.29, 0.717) is 82.9 Å². The third kappa shape index (κ3) is 5.38. The fraction of sp³-hybridized carbons (Fsp3) is 0.541. The molecule has 0 amide bonds. The van der Waals surface area contributed by atoms with E-state index in [4.69, 9.17) is 24.5 Å². The number of phenolic OH excluding ortho intramolecular Hbond substituents is 1. The number of alkyl halides is 1. The topological polar surface area (TPSA) is 92.0 Å². The Hall–Kier alpha value is -4.03. The molecule has 0 aliphatic carbocycles. The van der Waals surface area contributed by atoms with Crippen molar-refractivity contribution < 1.29 is 23.4 Å². The minimum Gasteiger partial charge on any atom is -0.508 e. The Kier molecular flexibility index (Phi) is 7.64. The van der Waals surface area contributed by atoms with Gasteiger partial charge < -0.3 is 24.4 Å². The molecule has 0 spiro atoms. The number of hydrogen-bond donors (Lipinski definition) is 1. The van der Waals surface area contributed by atoms with E-state index in [1.807, 2.05) is 6.92 Å². The molecule has 3 saturated heterocycles. The molecule has 49 heavy (non-hydrogen) atoms. The average Bonchev–Trinajstić information content (AvgIpc) is 3.68. The number of ether oxygens (including phenoxy) is 2. The first-order valence-electron chi connectivity index (χ1n) is 17.9. The lowest BCUT2D eigenvalue weighted by Crippen LogP contribution is -2.43. The highest BCUT2D eigenvalue weighted by molar-refractivity contribution is 5.98. The maximum absolute atomic E-state index is 15.1. The van der Waals surface area contributed by atoms with E-state index in [2.05, 4.69) is 25.6 Å². The quantitative estimate of drug-likeness (QED) is 0.282. The lowest BCUT2D eigenvalue weighted by molar-refractivity contribution is -0.0288. The van der Waals surface area contributed by atoms with Crippen LogP contribution in [0, 0.1) is 5.82 Å². The Labute approximate surface area is 284 Å². The second-order valence-electron chi connectivity index (χ2n) is 14.5. The minimum absolute atomic E-state index is 0.145. The molecule has 5 aliphatic rings. The Morgan fingerprint density at radius 3 is 2.78 bits per heavy atom. The van der Waals surface area contributed by atoms with E-state index < -0.39 is 6.17 Å². The molecule has 10 nitrogen and oxygen atoms in total. The van der Waals surface area contributed by atoms with Crippen LogP contribution in [0.15, 0.2) is 30.5 Å². The Balaban J connectivity index is 1.09. The molecule has 0 unspecified atom stereocenters. The van der Waals surface area contributed by atoms with Gasteiger partial charge in [-0.1, -0.05) is 13.0 Å². The van der Waals surface area contributed by atoms with Gasteiger partial charge in [0.1, 0.15) is 30.2 Å². The van der Waals surface area contributed by atoms with Crippen LogP contribution in [-0.2, 0) is 37.1 Å². The molecule has 5 aliphatic heterocycles. The van der Waals surface area contributed by atoms with Crippen LogP contribution >= 0.6 is 0 Å². The summed E-state index contributed by atoms with van der Waals surface area (Å²) in [6, 6.07) is 7.27. The molecule has 12 heteroatoms. The van der Waals surface area contributed by atoms with E-state index in [9.17, 15) is 9.50 Å². The predicted molar refractivity (Wildman–Crippen MR) is 182 cm³/mol. The van der Waals surface area contributed by atoms with Crippen molar-refractivity contribution >= 4 is 22.3 Å². The summed E-state index contributed by atoms with van der Waals surface area (Å²) < 4.78 is 43.7. The van der Waals surface area contributed by atoms with Crippen molar-refractivity contribution in [3.05, 3.63) is 64.4 Å². The van der Waals surface area contributed by atoms with Gasteiger partial charge in [0, 0.05) is 67.1 Å². The van der Waals surface area contributed by atoms with Crippen LogP contribution in [-0.4, -0.2) is 87.5 Å². The van der Waals surface area contributed by atoms with Gasteiger partial charge in [0.05, 0.1) is 42.7 Å². The van der Waals surface area contributed by atoms with Crippen LogP contribution < -0.4 is 14.5 Å². The molecule has 0 bridgehead atoms. The highest BCUT2D eigenvalue weighted by Gasteiger charge is 2.49. The van der Waals surface area contributed by atoms with Gasteiger partial charge in [0.2, 0.25) is 0 Å². The van der Waals surface area contributed by atoms with E-state index in [-0.39, 0.29) is 17.1 Å². The maximum Gasteiger partial charge on any atom is 0.318 e. The first-order chi connectivity index (χ1) is 23.9. The third-order valence-electron chi connectivity index (χ3n) is 11.5. The molecular weight excluding hydrogens is 628 g/mol. The number of aryl methyl sites for hydroxylation is 2. The van der Waals surface area contributed by atoms with Gasteiger partial charge in [-0.05, 0) is 68.2 Å². The van der Waals surface area contributed by atoms with Crippen LogP contribution in [0.2, 0.25) is 0 Å². The van der Waals surface area contributed by atoms with Gasteiger partial charge >= 0.3 is 6.01 Å². The lowest BCUT2D eigenvalue weighted by Gasteiger charge is -2.35. The van der Waals surface area contributed by atoms with Gasteiger partial charge in [-0.25, -0.2) is 8.78 Å². The number of aromatic nitrogens is 4. The van der Waals surface area contributed by atoms with E-state index in [1.165, 1.54) is 11.6 Å². The molecule has 2 aromatic carbocycles. The maximum atomic E-state index is 15.1. The van der Waals surface area contributed by atoms with Crippen LogP contribution in [0.5, 0.6) is 11.8 Å². The van der Waals surface area contributed by atoms with Crippen LogP contribution in [0.1, 0.15) is 66.7 Å². The van der Waals surface area contributed by atoms with E-state index in [1.54, 1.807) is 18.2 Å². The largest absolute Gasteiger partial charge is 0.508 e. The van der Waals surface area contributed by atoms with Crippen molar-refractivity contribution in [2.45, 2.75) is 82.7 Å². The molecule has 1 N–H and O–H groups in total. The zero-order valence-electron chi connectivity index (χ0n) is 28.0. The smallest absolute Gasteiger partial charge is 0.318 e. The number of benzene rings is 2. The number of phenols is 1. The number of anilines is 2. The molecule has 0 saturated carbocycles. The summed E-state index contributed by atoms with van der Waals surface area (Å²) in [4.78, 5) is 16.9. The van der Waals surface area contributed by atoms with E-state index in [0.717, 1.165) is 78.0 Å². The standard InChI is InChI=1S/C37H43F2N7O3/c1-2-28-30(39)7-6-23-13-27(47)14-33(34(23)28)43-12-8-29-32(19-43)40-36(49-22-37-9-4-11-45(37)18-25(38)15-37)41-35(29)44-10-3-5-31-24(16-44)17-46(42-31)26-20-48-21-26/h6-7,13-14,17,25-26,47H,2-5,8-12,15-16,18-22H2,1H3/t25-,37+/m1/s1. The van der Waals surface area contributed by atoms with Crippen LogP contribution in [0.4, 0.5) is 20.3 Å². The molecule has 2 atom stereocenters. The summed E-state index contributed by atoms with van der Waals surface area (Å²) in [7, 11) is 0. The van der Waals surface area contributed by atoms with E-state index >= 15 is 4.39 Å². The van der Waals surface area contributed by atoms with Gasteiger partial charge in [0.25, 0.3) is 0 Å². The van der Waals surface area contributed by atoms with Gasteiger partial charge in [0.15, 0.2) is 0 Å². The first kappa shape index (κ1) is 31.0. The Bertz CT molecular complexity index is 1910. The van der Waals surface area contributed by atoms with Crippen molar-refractivity contribution in [3.8, 4) is 11.8 Å². The average molecular weight is 672 g/mol. The first-order valence-corrected chi connectivity index (χ1v) is 17.9. The van der Waals surface area contributed by atoms with Crippen molar-refractivity contribution in [2.24, 2.45) is 0 Å².